The Labute approximate surface area is 291 Å². The maximum Gasteiger partial charge on any atom is 0.0728 e. The average Bonchev–Trinajstić information content (AvgIpc) is 3.30. The van der Waals surface area contributed by atoms with Gasteiger partial charge in [0.1, 0.15) is 0 Å². The first kappa shape index (κ1) is 32.4. The molecule has 49 heavy (non-hydrogen) atoms. The number of nitrogens with zero attached hydrogens (tertiary/aromatic N) is 4. The van der Waals surface area contributed by atoms with Crippen molar-refractivity contribution in [2.75, 3.05) is 38.0 Å². The zero-order chi connectivity index (χ0) is 33.8. The van der Waals surface area contributed by atoms with Gasteiger partial charge in [-0.25, -0.2) is 0 Å². The number of aliphatic imine (C=N–C) groups is 1. The number of benzene rings is 6. The van der Waals surface area contributed by atoms with Crippen molar-refractivity contribution in [3.63, 3.8) is 0 Å². The number of aryl methyl sites for hydroxylation is 2. The van der Waals surface area contributed by atoms with Gasteiger partial charge < -0.3 is 9.80 Å². The van der Waals surface area contributed by atoms with E-state index < -0.39 is 7.05 Å². The van der Waals surface area contributed by atoms with E-state index in [0.717, 1.165) is 29.8 Å². The normalized spacial score (nSPS) is 12.4. The third-order valence-electron chi connectivity index (χ3n) is 9.43. The molecule has 4 nitrogen and oxygen atoms in total. The first-order valence-corrected chi connectivity index (χ1v) is 18.7. The SMILES string of the molecule is CN(C)c1ccc2c(c1)CCc1cc(N(C)C)ccc1C2=NCc1ccccc1N=P(c1ccccc1)(c1ccccc1)c1ccccc1. The summed E-state index contributed by atoms with van der Waals surface area (Å²) in [6.07, 6.45) is 1.95. The van der Waals surface area contributed by atoms with Gasteiger partial charge in [0.2, 0.25) is 0 Å². The van der Waals surface area contributed by atoms with Gasteiger partial charge in [-0.2, -0.15) is 0 Å². The second-order valence-electron chi connectivity index (χ2n) is 13.0. The molecule has 1 aliphatic rings. The summed E-state index contributed by atoms with van der Waals surface area (Å²) >= 11 is 0. The van der Waals surface area contributed by atoms with Crippen molar-refractivity contribution in [1.29, 1.82) is 0 Å². The topological polar surface area (TPSA) is 31.2 Å². The van der Waals surface area contributed by atoms with Crippen molar-refractivity contribution in [3.05, 3.63) is 179 Å². The van der Waals surface area contributed by atoms with Gasteiger partial charge in [0.05, 0.1) is 25.0 Å². The molecule has 0 radical (unpaired) electrons. The molecule has 0 saturated heterocycles. The van der Waals surface area contributed by atoms with Crippen molar-refractivity contribution in [2.45, 2.75) is 19.4 Å². The fourth-order valence-electron chi connectivity index (χ4n) is 6.80. The van der Waals surface area contributed by atoms with E-state index in [4.69, 9.17) is 9.74 Å². The van der Waals surface area contributed by atoms with Crippen LogP contribution in [0.15, 0.2) is 161 Å². The summed E-state index contributed by atoms with van der Waals surface area (Å²) in [6, 6.07) is 54.7. The van der Waals surface area contributed by atoms with E-state index in [2.05, 4.69) is 190 Å². The number of fused-ring (bicyclic) bond motifs is 2. The molecule has 0 atom stereocenters. The van der Waals surface area contributed by atoms with Crippen molar-refractivity contribution in [3.8, 4) is 0 Å². The Bertz CT molecular complexity index is 1990. The molecule has 0 saturated carbocycles. The van der Waals surface area contributed by atoms with Crippen LogP contribution in [0.3, 0.4) is 0 Å². The molecule has 0 spiro atoms. The van der Waals surface area contributed by atoms with Crippen LogP contribution in [0.2, 0.25) is 0 Å². The van der Waals surface area contributed by atoms with Crippen molar-refractivity contribution in [1.82, 2.24) is 0 Å². The Morgan fingerprint density at radius 3 is 1.39 bits per heavy atom. The zero-order valence-electron chi connectivity index (χ0n) is 28.8. The molecule has 0 aliphatic heterocycles. The zero-order valence-corrected chi connectivity index (χ0v) is 29.7. The van der Waals surface area contributed by atoms with Gasteiger partial charge in [-0.05, 0) is 59.9 Å². The maximum atomic E-state index is 5.86. The molecular weight excluding hydrogens is 615 g/mol. The summed E-state index contributed by atoms with van der Waals surface area (Å²) in [5, 5.41) is 3.69. The lowest BCUT2D eigenvalue weighted by molar-refractivity contribution is 0.959. The summed E-state index contributed by atoms with van der Waals surface area (Å²) in [5.74, 6) is 0. The minimum absolute atomic E-state index is 0.525. The highest BCUT2D eigenvalue weighted by Crippen LogP contribution is 2.49. The summed E-state index contributed by atoms with van der Waals surface area (Å²) in [6.45, 7) is 0.525. The van der Waals surface area contributed by atoms with Gasteiger partial charge in [-0.3, -0.25) is 9.74 Å². The van der Waals surface area contributed by atoms with Gasteiger partial charge in [0.15, 0.2) is 0 Å². The monoisotopic (exact) mass is 658 g/mol. The molecule has 0 N–H and O–H groups in total. The van der Waals surface area contributed by atoms with Gasteiger partial charge in [0.25, 0.3) is 0 Å². The van der Waals surface area contributed by atoms with Gasteiger partial charge in [-0.1, -0.05) is 121 Å². The van der Waals surface area contributed by atoms with Crippen molar-refractivity contribution in [2.24, 2.45) is 9.74 Å². The molecule has 5 heteroatoms. The average molecular weight is 659 g/mol. The molecule has 7 rings (SSSR count). The van der Waals surface area contributed by atoms with E-state index in [9.17, 15) is 0 Å². The van der Waals surface area contributed by atoms with Crippen LogP contribution in [0.5, 0.6) is 0 Å². The van der Waals surface area contributed by atoms with Crippen LogP contribution in [-0.4, -0.2) is 33.9 Å². The van der Waals surface area contributed by atoms with Gasteiger partial charge >= 0.3 is 0 Å². The van der Waals surface area contributed by atoms with Crippen LogP contribution in [0.1, 0.15) is 27.8 Å². The van der Waals surface area contributed by atoms with Gasteiger partial charge in [0, 0.05) is 66.6 Å². The fraction of sp³-hybridized carbons (Fsp3) is 0.159. The molecule has 0 aromatic heterocycles. The van der Waals surface area contributed by atoms with Crippen LogP contribution in [0, 0.1) is 0 Å². The molecule has 0 amide bonds. The van der Waals surface area contributed by atoms with Crippen LogP contribution in [0.25, 0.3) is 0 Å². The lowest BCUT2D eigenvalue weighted by Gasteiger charge is -2.27. The summed E-state index contributed by atoms with van der Waals surface area (Å²) in [5.41, 5.74) is 10.7. The lowest BCUT2D eigenvalue weighted by atomic mass is 9.96. The fourth-order valence-corrected chi connectivity index (χ4v) is 10.4. The highest BCUT2D eigenvalue weighted by molar-refractivity contribution is 7.87. The van der Waals surface area contributed by atoms with E-state index in [1.807, 2.05) is 0 Å². The Hall–Kier alpha value is -5.18. The Morgan fingerprint density at radius 1 is 0.510 bits per heavy atom. The van der Waals surface area contributed by atoms with Crippen molar-refractivity contribution >= 4 is 45.7 Å². The molecule has 0 fully saturated rings. The second kappa shape index (κ2) is 14.1. The minimum Gasteiger partial charge on any atom is -0.378 e. The molecule has 0 bridgehead atoms. The summed E-state index contributed by atoms with van der Waals surface area (Å²) < 4.78 is 5.86. The third-order valence-corrected chi connectivity index (χ3v) is 13.1. The van der Waals surface area contributed by atoms with E-state index in [1.54, 1.807) is 0 Å². The highest BCUT2D eigenvalue weighted by atomic mass is 31.2. The molecule has 1 aliphatic carbocycles. The quantitative estimate of drug-likeness (QED) is 0.153. The number of anilines is 2. The Kier molecular flexibility index (Phi) is 9.33. The standard InChI is InChI=1S/C44H43N4P/c1-47(2)36-26-28-41-33(30-36)24-25-34-31-37(48(3)4)27-29-42(34)44(41)45-32-35-16-14-15-23-43(35)46-49(38-17-8-5-9-18-38,39-19-10-6-11-20-39)40-21-12-7-13-22-40/h5-23,26-31H,24-25,32H2,1-4H3. The van der Waals surface area contributed by atoms with Gasteiger partial charge in [-0.15, -0.1) is 0 Å². The van der Waals surface area contributed by atoms with E-state index in [-0.39, 0.29) is 0 Å². The molecular formula is C44H43N4P. The number of hydrogen-bond donors (Lipinski definition) is 0. The lowest BCUT2D eigenvalue weighted by Crippen LogP contribution is -2.25. The Morgan fingerprint density at radius 2 is 0.939 bits per heavy atom. The van der Waals surface area contributed by atoms with Crippen LogP contribution in [0.4, 0.5) is 17.1 Å². The molecule has 244 valence electrons. The maximum absolute atomic E-state index is 5.86. The second-order valence-corrected chi connectivity index (χ2v) is 16.0. The molecule has 0 heterocycles. The predicted octanol–water partition coefficient (Wildman–Crippen LogP) is 8.76. The first-order valence-electron chi connectivity index (χ1n) is 17.0. The van der Waals surface area contributed by atoms with Crippen molar-refractivity contribution < 1.29 is 0 Å². The van der Waals surface area contributed by atoms with Crippen LogP contribution >= 0.6 is 7.05 Å². The first-order chi connectivity index (χ1) is 23.9. The van der Waals surface area contributed by atoms with E-state index >= 15 is 0 Å². The predicted molar refractivity (Wildman–Crippen MR) is 212 cm³/mol. The smallest absolute Gasteiger partial charge is 0.0728 e. The third kappa shape index (κ3) is 6.49. The highest BCUT2D eigenvalue weighted by Gasteiger charge is 2.28. The van der Waals surface area contributed by atoms with E-state index in [0.29, 0.717) is 6.54 Å². The molecule has 0 unspecified atom stereocenters. The largest absolute Gasteiger partial charge is 0.378 e. The molecule has 6 aromatic rings. The molecule has 6 aromatic carbocycles. The summed E-state index contributed by atoms with van der Waals surface area (Å²) in [7, 11) is 5.99. The van der Waals surface area contributed by atoms with Crippen LogP contribution in [-0.2, 0) is 19.4 Å². The number of hydrogen-bond acceptors (Lipinski definition) is 4. The Balaban J connectivity index is 1.42. The van der Waals surface area contributed by atoms with Crippen LogP contribution < -0.4 is 25.7 Å². The van der Waals surface area contributed by atoms with E-state index in [1.165, 1.54) is 49.5 Å². The minimum atomic E-state index is -2.43. The number of rotatable bonds is 8. The summed E-state index contributed by atoms with van der Waals surface area (Å²) in [4.78, 5) is 9.85.